The number of benzene rings is 3. The maximum atomic E-state index is 9.32. The second-order valence-electron chi connectivity index (χ2n) is 10.3. The van der Waals surface area contributed by atoms with E-state index < -0.39 is 21.4 Å². The Bertz CT molecular complexity index is 1070. The van der Waals surface area contributed by atoms with Gasteiger partial charge in [-0.2, -0.15) is 0 Å². The Morgan fingerprint density at radius 2 is 0.912 bits per heavy atom. The van der Waals surface area contributed by atoms with Crippen LogP contribution in [-0.4, -0.2) is 21.4 Å². The molecule has 0 atom stereocenters. The Morgan fingerprint density at radius 1 is 0.588 bits per heavy atom. The van der Waals surface area contributed by atoms with Crippen LogP contribution >= 0.6 is 0 Å². The fourth-order valence-electron chi connectivity index (χ4n) is 4.89. The van der Waals surface area contributed by atoms with Gasteiger partial charge in [0.15, 0.2) is 0 Å². The van der Waals surface area contributed by atoms with Gasteiger partial charge in [-0.15, -0.1) is 0 Å². The topological polar surface area (TPSA) is 48.8 Å². The molecule has 3 nitrogen and oxygen atoms in total. The third kappa shape index (κ3) is 5.36. The van der Waals surface area contributed by atoms with Crippen LogP contribution in [-0.2, 0) is 0 Å². The van der Waals surface area contributed by atoms with E-state index in [1.165, 1.54) is 48.1 Å². The van der Waals surface area contributed by atoms with Crippen molar-refractivity contribution in [3.8, 4) is 22.3 Å². The third-order valence-electron chi connectivity index (χ3n) is 6.56. The Morgan fingerprint density at radius 3 is 1.21 bits per heavy atom. The van der Waals surface area contributed by atoms with E-state index in [9.17, 15) is 5.53 Å². The molecule has 0 amide bonds. The van der Waals surface area contributed by atoms with Crippen LogP contribution in [0.25, 0.3) is 32.7 Å². The van der Waals surface area contributed by atoms with Crippen LogP contribution in [0.2, 0.25) is 0 Å². The fraction of sp³-hybridized carbons (Fsp3) is 0.400. The summed E-state index contributed by atoms with van der Waals surface area (Å²) in [6.45, 7) is 18.1. The van der Waals surface area contributed by atoms with Crippen molar-refractivity contribution in [2.45, 2.75) is 79.1 Å². The van der Waals surface area contributed by atoms with Gasteiger partial charge in [0.1, 0.15) is 0 Å². The molecule has 0 saturated heterocycles. The second-order valence-corrected chi connectivity index (χ2v) is 12.9. The van der Waals surface area contributed by atoms with E-state index in [0.717, 1.165) is 0 Å². The number of rotatable bonds is 8. The van der Waals surface area contributed by atoms with E-state index in [1.54, 1.807) is 0 Å². The number of azide groups is 1. The monoisotopic (exact) mass is 559 g/mol. The summed E-state index contributed by atoms with van der Waals surface area (Å²) in [7, 11) is 0. The predicted octanol–water partition coefficient (Wildman–Crippen LogP) is 9.07. The summed E-state index contributed by atoms with van der Waals surface area (Å²) in [4.78, 5) is 3.23. The SMILES string of the molecule is CC(C)c1cccc(C(C)C)c1-c1cccc(-c2c(C(C)C)cccc2C(C)C)[c]1[Sn][N]=[N+]=[N-]. The molecule has 0 unspecified atom stereocenters. The van der Waals surface area contributed by atoms with Gasteiger partial charge in [0.25, 0.3) is 0 Å². The minimum atomic E-state index is -1.56. The minimum absolute atomic E-state index is 0.407. The molecule has 0 spiro atoms. The third-order valence-corrected chi connectivity index (χ3v) is 9.27. The summed E-state index contributed by atoms with van der Waals surface area (Å²) >= 11 is -1.56. The molecule has 0 aliphatic rings. The first-order chi connectivity index (χ1) is 16.2. The molecule has 176 valence electrons. The van der Waals surface area contributed by atoms with Crippen LogP contribution in [0.3, 0.4) is 0 Å². The molecular weight excluding hydrogens is 521 g/mol. The van der Waals surface area contributed by atoms with Gasteiger partial charge in [-0.05, 0) is 0 Å². The van der Waals surface area contributed by atoms with E-state index in [2.05, 4.69) is 118 Å². The second kappa shape index (κ2) is 11.5. The summed E-state index contributed by atoms with van der Waals surface area (Å²) in [6, 6.07) is 20.2. The van der Waals surface area contributed by atoms with Crippen molar-refractivity contribution in [3.63, 3.8) is 0 Å². The molecule has 0 fully saturated rings. The number of hydrogen-bond donors (Lipinski definition) is 0. The van der Waals surface area contributed by atoms with E-state index in [1.807, 2.05) is 0 Å². The van der Waals surface area contributed by atoms with Gasteiger partial charge in [-0.3, -0.25) is 0 Å². The first-order valence-corrected chi connectivity index (χ1v) is 15.1. The number of nitrogens with zero attached hydrogens (tertiary/aromatic N) is 3. The fourth-order valence-corrected chi connectivity index (χ4v) is 7.18. The zero-order valence-electron chi connectivity index (χ0n) is 21.8. The summed E-state index contributed by atoms with van der Waals surface area (Å²) in [5, 5.41) is 0. The van der Waals surface area contributed by atoms with Crippen molar-refractivity contribution in [2.75, 3.05) is 0 Å². The van der Waals surface area contributed by atoms with Crippen LogP contribution in [0.4, 0.5) is 0 Å². The summed E-state index contributed by atoms with van der Waals surface area (Å²) in [5.41, 5.74) is 20.0. The molecule has 0 N–H and O–H groups in total. The van der Waals surface area contributed by atoms with E-state index >= 15 is 0 Å². The zero-order chi connectivity index (χ0) is 25.0. The Balaban J connectivity index is 2.49. The van der Waals surface area contributed by atoms with Crippen LogP contribution in [0.5, 0.6) is 0 Å². The van der Waals surface area contributed by atoms with E-state index in [0.29, 0.717) is 23.7 Å². The van der Waals surface area contributed by atoms with Crippen molar-refractivity contribution < 1.29 is 0 Å². The molecule has 34 heavy (non-hydrogen) atoms. The Labute approximate surface area is 216 Å². The van der Waals surface area contributed by atoms with Crippen molar-refractivity contribution in [1.82, 2.24) is 0 Å². The molecule has 0 aromatic heterocycles. The zero-order valence-corrected chi connectivity index (χ0v) is 24.7. The quantitative estimate of drug-likeness (QED) is 0.115. The van der Waals surface area contributed by atoms with E-state index in [-0.39, 0.29) is 0 Å². The molecule has 2 radical (unpaired) electrons. The Hall–Kier alpha value is -2.23. The van der Waals surface area contributed by atoms with Gasteiger partial charge >= 0.3 is 217 Å². The molecule has 0 bridgehead atoms. The summed E-state index contributed by atoms with van der Waals surface area (Å²) < 4.78 is 5.55. The van der Waals surface area contributed by atoms with Gasteiger partial charge in [0.2, 0.25) is 0 Å². The van der Waals surface area contributed by atoms with Crippen LogP contribution in [0, 0.1) is 0 Å². The molecule has 0 saturated carbocycles. The Kier molecular flexibility index (Phi) is 8.89. The van der Waals surface area contributed by atoms with Crippen molar-refractivity contribution in [1.29, 1.82) is 0 Å². The maximum absolute atomic E-state index is 9.32. The van der Waals surface area contributed by atoms with Crippen molar-refractivity contribution in [2.24, 2.45) is 3.34 Å². The average molecular weight is 558 g/mol. The molecule has 3 aromatic carbocycles. The van der Waals surface area contributed by atoms with Gasteiger partial charge in [-0.25, -0.2) is 0 Å². The number of hydrogen-bond acceptors (Lipinski definition) is 1. The van der Waals surface area contributed by atoms with Gasteiger partial charge in [0, 0.05) is 0 Å². The predicted molar refractivity (Wildman–Crippen MR) is 148 cm³/mol. The van der Waals surface area contributed by atoms with Crippen LogP contribution < -0.4 is 3.58 Å². The molecule has 3 aromatic rings. The van der Waals surface area contributed by atoms with Crippen molar-refractivity contribution in [3.05, 3.63) is 87.3 Å². The van der Waals surface area contributed by atoms with Crippen LogP contribution in [0.15, 0.2) is 57.9 Å². The summed E-state index contributed by atoms with van der Waals surface area (Å²) in [6.07, 6.45) is 0. The molecule has 3 rings (SSSR count). The average Bonchev–Trinajstić information content (AvgIpc) is 2.81. The van der Waals surface area contributed by atoms with E-state index in [4.69, 9.17) is 0 Å². The summed E-state index contributed by atoms with van der Waals surface area (Å²) in [5.74, 6) is 1.63. The van der Waals surface area contributed by atoms with Crippen molar-refractivity contribution >= 4 is 25.0 Å². The van der Waals surface area contributed by atoms with Crippen LogP contribution in [0.1, 0.15) is 101 Å². The molecular formula is C30H37N3Sn. The standard InChI is InChI=1S/C30H37.N3.Sn/c1-19(2)25-14-10-15-26(20(3)4)29(25)23-12-9-13-24(18-23)30-27(21(5)6)16-11-17-28(30)22(7)8;1-3-2;/h9-17,19-22H,1-8H3;;/q;-1;+1. The van der Waals surface area contributed by atoms with Gasteiger partial charge < -0.3 is 0 Å². The molecule has 0 aliphatic carbocycles. The van der Waals surface area contributed by atoms with Gasteiger partial charge in [0.05, 0.1) is 0 Å². The molecule has 0 heterocycles. The first-order valence-electron chi connectivity index (χ1n) is 12.4. The molecule has 4 heteroatoms. The first kappa shape index (κ1) is 26.4. The normalized spacial score (nSPS) is 11.5. The van der Waals surface area contributed by atoms with Gasteiger partial charge in [-0.1, -0.05) is 0 Å². The molecule has 0 aliphatic heterocycles.